The SMILES string of the molecule is CN(C)CCN(Cc1ccoc1)C(=O)c1cccc(Cc2n[nH]c(=O)c3c2CCCC3)c1. The number of carbonyl (C=O) groups is 1. The van der Waals surface area contributed by atoms with Crippen LogP contribution in [-0.2, 0) is 25.8 Å². The van der Waals surface area contributed by atoms with Crippen LogP contribution in [0.2, 0.25) is 0 Å². The molecule has 1 N–H and O–H groups in total. The molecule has 168 valence electrons. The lowest BCUT2D eigenvalue weighted by Crippen LogP contribution is -2.36. The summed E-state index contributed by atoms with van der Waals surface area (Å²) in [7, 11) is 4.00. The van der Waals surface area contributed by atoms with E-state index in [1.165, 1.54) is 0 Å². The van der Waals surface area contributed by atoms with Gasteiger partial charge in [0.25, 0.3) is 11.5 Å². The zero-order valence-electron chi connectivity index (χ0n) is 18.8. The highest BCUT2D eigenvalue weighted by Gasteiger charge is 2.20. The van der Waals surface area contributed by atoms with Crippen molar-refractivity contribution in [3.05, 3.63) is 86.7 Å². The Hall–Kier alpha value is -3.19. The lowest BCUT2D eigenvalue weighted by Gasteiger charge is -2.24. The Morgan fingerprint density at radius 3 is 2.66 bits per heavy atom. The molecule has 0 unspecified atom stereocenters. The number of hydrogen-bond acceptors (Lipinski definition) is 5. The van der Waals surface area contributed by atoms with Crippen LogP contribution >= 0.6 is 0 Å². The normalized spacial score (nSPS) is 13.2. The molecule has 32 heavy (non-hydrogen) atoms. The Labute approximate surface area is 188 Å². The maximum absolute atomic E-state index is 13.4. The highest BCUT2D eigenvalue weighted by molar-refractivity contribution is 5.94. The van der Waals surface area contributed by atoms with Crippen LogP contribution in [0.5, 0.6) is 0 Å². The molecular weight excluding hydrogens is 404 g/mol. The number of nitrogens with one attached hydrogen (secondary N) is 1. The topological polar surface area (TPSA) is 82.4 Å². The number of nitrogens with zero attached hydrogens (tertiary/aromatic N) is 3. The van der Waals surface area contributed by atoms with Crippen LogP contribution in [0.25, 0.3) is 0 Å². The molecule has 7 heteroatoms. The minimum absolute atomic E-state index is 0.00800. The quantitative estimate of drug-likeness (QED) is 0.589. The van der Waals surface area contributed by atoms with E-state index in [0.29, 0.717) is 25.1 Å². The first kappa shape index (κ1) is 22.0. The molecule has 1 aromatic carbocycles. The third-order valence-electron chi connectivity index (χ3n) is 5.99. The Balaban J connectivity index is 1.56. The summed E-state index contributed by atoms with van der Waals surface area (Å²) in [6.45, 7) is 1.90. The van der Waals surface area contributed by atoms with Crippen LogP contribution in [0, 0.1) is 0 Å². The second kappa shape index (κ2) is 9.96. The minimum atomic E-state index is -0.0665. The van der Waals surface area contributed by atoms with Gasteiger partial charge in [0.2, 0.25) is 0 Å². The average Bonchev–Trinajstić information content (AvgIpc) is 3.31. The van der Waals surface area contributed by atoms with E-state index in [2.05, 4.69) is 15.1 Å². The number of aromatic amines is 1. The summed E-state index contributed by atoms with van der Waals surface area (Å²) in [4.78, 5) is 29.4. The molecule has 0 atom stereocenters. The first-order valence-corrected chi connectivity index (χ1v) is 11.1. The Bertz CT molecular complexity index is 1120. The van der Waals surface area contributed by atoms with Gasteiger partial charge >= 0.3 is 0 Å². The van der Waals surface area contributed by atoms with Crippen LogP contribution in [0.4, 0.5) is 0 Å². The Morgan fingerprint density at radius 1 is 1.09 bits per heavy atom. The van der Waals surface area contributed by atoms with Gasteiger partial charge in [-0.15, -0.1) is 0 Å². The van der Waals surface area contributed by atoms with Crippen molar-refractivity contribution in [1.29, 1.82) is 0 Å². The summed E-state index contributed by atoms with van der Waals surface area (Å²) < 4.78 is 5.19. The summed E-state index contributed by atoms with van der Waals surface area (Å²) in [5.41, 5.74) is 5.45. The number of fused-ring (bicyclic) bond motifs is 1. The molecule has 7 nitrogen and oxygen atoms in total. The molecular formula is C25H30N4O3. The molecule has 2 heterocycles. The van der Waals surface area contributed by atoms with Crippen molar-refractivity contribution in [2.75, 3.05) is 27.2 Å². The first-order valence-electron chi connectivity index (χ1n) is 11.1. The molecule has 1 amide bonds. The van der Waals surface area contributed by atoms with E-state index in [9.17, 15) is 9.59 Å². The number of likely N-dealkylation sites (N-methyl/N-ethyl adjacent to an activating group) is 1. The van der Waals surface area contributed by atoms with Crippen LogP contribution in [-0.4, -0.2) is 53.1 Å². The Kier molecular flexibility index (Phi) is 6.85. The number of amides is 1. The molecule has 0 fully saturated rings. The second-order valence-electron chi connectivity index (χ2n) is 8.70. The van der Waals surface area contributed by atoms with Crippen molar-refractivity contribution in [3.63, 3.8) is 0 Å². The van der Waals surface area contributed by atoms with E-state index in [-0.39, 0.29) is 11.5 Å². The van der Waals surface area contributed by atoms with Crippen LogP contribution < -0.4 is 5.56 Å². The first-order chi connectivity index (χ1) is 15.5. The lowest BCUT2D eigenvalue weighted by molar-refractivity contribution is 0.0731. The van der Waals surface area contributed by atoms with E-state index < -0.39 is 0 Å². The molecule has 4 rings (SSSR count). The molecule has 0 saturated heterocycles. The van der Waals surface area contributed by atoms with Gasteiger partial charge in [-0.2, -0.15) is 5.10 Å². The molecule has 0 aliphatic heterocycles. The predicted octanol–water partition coefficient (Wildman–Crippen LogP) is 3.04. The van der Waals surface area contributed by atoms with Gasteiger partial charge in [0.05, 0.1) is 18.2 Å². The predicted molar refractivity (Wildman–Crippen MR) is 123 cm³/mol. The average molecular weight is 435 g/mol. The van der Waals surface area contributed by atoms with Crippen molar-refractivity contribution in [2.24, 2.45) is 0 Å². The molecule has 1 aliphatic rings. The lowest BCUT2D eigenvalue weighted by atomic mass is 9.90. The van der Waals surface area contributed by atoms with E-state index >= 15 is 0 Å². The van der Waals surface area contributed by atoms with Gasteiger partial charge in [-0.25, -0.2) is 5.10 Å². The maximum atomic E-state index is 13.4. The molecule has 0 spiro atoms. The highest BCUT2D eigenvalue weighted by Crippen LogP contribution is 2.22. The molecule has 1 aliphatic carbocycles. The summed E-state index contributed by atoms with van der Waals surface area (Å²) in [6, 6.07) is 9.63. The van der Waals surface area contributed by atoms with E-state index in [1.54, 1.807) is 12.5 Å². The summed E-state index contributed by atoms with van der Waals surface area (Å²) in [5.74, 6) is -0.00800. The van der Waals surface area contributed by atoms with Crippen molar-refractivity contribution in [3.8, 4) is 0 Å². The summed E-state index contributed by atoms with van der Waals surface area (Å²) in [5, 5.41) is 7.01. The number of carbonyl (C=O) groups excluding carboxylic acids is 1. The standard InChI is InChI=1S/C25H30N4O3/c1-28(2)11-12-29(16-19-10-13-32-17-19)25(31)20-7-5-6-18(14-20)15-23-21-8-3-4-9-22(21)24(30)27-26-23/h5-7,10,13-14,17H,3-4,8-9,11-12,15-16H2,1-2H3,(H,27,30). The van der Waals surface area contributed by atoms with E-state index in [1.807, 2.05) is 49.3 Å². The molecule has 0 radical (unpaired) electrons. The number of H-pyrrole nitrogens is 1. The van der Waals surface area contributed by atoms with E-state index in [0.717, 1.165) is 60.2 Å². The molecule has 3 aromatic rings. The van der Waals surface area contributed by atoms with Gasteiger partial charge in [0, 0.05) is 42.7 Å². The summed E-state index contributed by atoms with van der Waals surface area (Å²) in [6.07, 6.45) is 7.73. The van der Waals surface area contributed by atoms with Gasteiger partial charge < -0.3 is 14.2 Å². The zero-order chi connectivity index (χ0) is 22.5. The third-order valence-corrected chi connectivity index (χ3v) is 5.99. The van der Waals surface area contributed by atoms with Crippen molar-refractivity contribution in [2.45, 2.75) is 38.6 Å². The monoisotopic (exact) mass is 434 g/mol. The highest BCUT2D eigenvalue weighted by atomic mass is 16.3. The molecule has 0 bridgehead atoms. The van der Waals surface area contributed by atoms with Crippen molar-refractivity contribution < 1.29 is 9.21 Å². The van der Waals surface area contributed by atoms with E-state index in [4.69, 9.17) is 4.42 Å². The molecule has 2 aromatic heterocycles. The number of furan rings is 1. The van der Waals surface area contributed by atoms with Gasteiger partial charge in [-0.05, 0) is 69.1 Å². The van der Waals surface area contributed by atoms with Gasteiger partial charge in [0.15, 0.2) is 0 Å². The van der Waals surface area contributed by atoms with Crippen molar-refractivity contribution >= 4 is 5.91 Å². The largest absolute Gasteiger partial charge is 0.472 e. The van der Waals surface area contributed by atoms with Crippen LogP contribution in [0.1, 0.15) is 51.1 Å². The minimum Gasteiger partial charge on any atom is -0.472 e. The number of hydrogen-bond donors (Lipinski definition) is 1. The van der Waals surface area contributed by atoms with Gasteiger partial charge in [-0.1, -0.05) is 12.1 Å². The molecule has 0 saturated carbocycles. The maximum Gasteiger partial charge on any atom is 0.267 e. The summed E-state index contributed by atoms with van der Waals surface area (Å²) >= 11 is 0. The number of benzene rings is 1. The van der Waals surface area contributed by atoms with Crippen LogP contribution in [0.3, 0.4) is 0 Å². The fraction of sp³-hybridized carbons (Fsp3) is 0.400. The number of rotatable bonds is 8. The van der Waals surface area contributed by atoms with Gasteiger partial charge in [0.1, 0.15) is 0 Å². The van der Waals surface area contributed by atoms with Gasteiger partial charge in [-0.3, -0.25) is 9.59 Å². The fourth-order valence-electron chi connectivity index (χ4n) is 4.24. The Morgan fingerprint density at radius 2 is 1.91 bits per heavy atom. The van der Waals surface area contributed by atoms with Crippen molar-refractivity contribution in [1.82, 2.24) is 20.0 Å². The fourth-order valence-corrected chi connectivity index (χ4v) is 4.24. The zero-order valence-corrected chi connectivity index (χ0v) is 18.8. The second-order valence-corrected chi connectivity index (χ2v) is 8.70. The van der Waals surface area contributed by atoms with Crippen LogP contribution in [0.15, 0.2) is 52.1 Å². The number of aromatic nitrogens is 2. The third kappa shape index (κ3) is 5.16. The smallest absolute Gasteiger partial charge is 0.267 e.